The zero-order valence-corrected chi connectivity index (χ0v) is 13.7. The minimum atomic E-state index is 0.331. The van der Waals surface area contributed by atoms with Crippen molar-refractivity contribution in [3.63, 3.8) is 0 Å². The predicted octanol–water partition coefficient (Wildman–Crippen LogP) is 4.72. The third-order valence-electron chi connectivity index (χ3n) is 5.32. The van der Waals surface area contributed by atoms with Crippen LogP contribution in [0.1, 0.15) is 57.6 Å². The quantitative estimate of drug-likeness (QED) is 0.847. The van der Waals surface area contributed by atoms with Gasteiger partial charge in [0.05, 0.1) is 0 Å². The van der Waals surface area contributed by atoms with Crippen LogP contribution in [-0.2, 0) is 6.42 Å². The summed E-state index contributed by atoms with van der Waals surface area (Å²) in [4.78, 5) is 0. The molecule has 1 heteroatoms. The van der Waals surface area contributed by atoms with Gasteiger partial charge in [0.2, 0.25) is 0 Å². The second-order valence-corrected chi connectivity index (χ2v) is 7.77. The van der Waals surface area contributed by atoms with Crippen molar-refractivity contribution in [2.24, 2.45) is 23.0 Å². The number of benzene rings is 1. The van der Waals surface area contributed by atoms with Crippen LogP contribution in [0, 0.1) is 24.2 Å². The van der Waals surface area contributed by atoms with Gasteiger partial charge in [-0.25, -0.2) is 0 Å². The van der Waals surface area contributed by atoms with E-state index in [0.717, 1.165) is 12.3 Å². The molecule has 1 aromatic rings. The lowest BCUT2D eigenvalue weighted by Crippen LogP contribution is -2.37. The van der Waals surface area contributed by atoms with E-state index in [1.54, 1.807) is 0 Å². The summed E-state index contributed by atoms with van der Waals surface area (Å²) < 4.78 is 0. The van der Waals surface area contributed by atoms with Crippen LogP contribution in [0.25, 0.3) is 0 Å². The summed E-state index contributed by atoms with van der Waals surface area (Å²) in [6.07, 6.45) is 6.38. The summed E-state index contributed by atoms with van der Waals surface area (Å²) in [6.45, 7) is 9.33. The first-order valence-electron chi connectivity index (χ1n) is 8.18. The molecule has 1 atom stereocenters. The molecule has 2 rings (SSSR count). The standard InChI is InChI=1S/C19H31N/c1-14-7-5-6-8-16(14)13-18(20)15-9-11-17(12-10-15)19(2,3)4/h5-8,15,17-18H,9-13,20H2,1-4H3. The molecule has 0 radical (unpaired) electrons. The maximum Gasteiger partial charge on any atom is 0.0108 e. The van der Waals surface area contributed by atoms with Gasteiger partial charge in [-0.1, -0.05) is 45.0 Å². The Hall–Kier alpha value is -0.820. The van der Waals surface area contributed by atoms with Crippen molar-refractivity contribution in [1.82, 2.24) is 0 Å². The molecule has 0 aromatic heterocycles. The highest BCUT2D eigenvalue weighted by Gasteiger charge is 2.31. The largest absolute Gasteiger partial charge is 0.327 e. The number of hydrogen-bond donors (Lipinski definition) is 1. The first-order valence-corrected chi connectivity index (χ1v) is 8.18. The Morgan fingerprint density at radius 3 is 2.25 bits per heavy atom. The molecule has 0 amide bonds. The fourth-order valence-electron chi connectivity index (χ4n) is 3.67. The lowest BCUT2D eigenvalue weighted by atomic mass is 9.68. The molecular formula is C19H31N. The Morgan fingerprint density at radius 2 is 1.70 bits per heavy atom. The molecule has 0 aliphatic heterocycles. The van der Waals surface area contributed by atoms with E-state index in [-0.39, 0.29) is 0 Å². The second kappa shape index (κ2) is 6.30. The minimum absolute atomic E-state index is 0.331. The molecule has 0 bridgehead atoms. The zero-order valence-electron chi connectivity index (χ0n) is 13.7. The maximum atomic E-state index is 6.50. The van der Waals surface area contributed by atoms with Gasteiger partial charge in [0.25, 0.3) is 0 Å². The van der Waals surface area contributed by atoms with Crippen LogP contribution in [0.3, 0.4) is 0 Å². The van der Waals surface area contributed by atoms with Gasteiger partial charge in [0, 0.05) is 6.04 Å². The molecule has 1 unspecified atom stereocenters. The van der Waals surface area contributed by atoms with Crippen molar-refractivity contribution in [3.8, 4) is 0 Å². The molecule has 1 nitrogen and oxygen atoms in total. The highest BCUT2D eigenvalue weighted by Crippen LogP contribution is 2.40. The molecule has 0 saturated heterocycles. The highest BCUT2D eigenvalue weighted by atomic mass is 14.7. The van der Waals surface area contributed by atoms with Gasteiger partial charge in [0.15, 0.2) is 0 Å². The van der Waals surface area contributed by atoms with Crippen LogP contribution >= 0.6 is 0 Å². The normalized spacial score (nSPS) is 25.4. The Morgan fingerprint density at radius 1 is 1.10 bits per heavy atom. The first-order chi connectivity index (χ1) is 9.38. The van der Waals surface area contributed by atoms with Crippen LogP contribution in [0.2, 0.25) is 0 Å². The Bertz CT molecular complexity index is 422. The molecule has 1 aromatic carbocycles. The van der Waals surface area contributed by atoms with Crippen LogP contribution in [0.5, 0.6) is 0 Å². The van der Waals surface area contributed by atoms with Crippen LogP contribution in [0.4, 0.5) is 0 Å². The summed E-state index contributed by atoms with van der Waals surface area (Å²) in [7, 11) is 0. The Kier molecular flexibility index (Phi) is 4.90. The third kappa shape index (κ3) is 3.85. The van der Waals surface area contributed by atoms with E-state index in [4.69, 9.17) is 5.73 Å². The van der Waals surface area contributed by atoms with Crippen molar-refractivity contribution >= 4 is 0 Å². The van der Waals surface area contributed by atoms with Gasteiger partial charge in [-0.3, -0.25) is 0 Å². The smallest absolute Gasteiger partial charge is 0.0108 e. The molecular weight excluding hydrogens is 242 g/mol. The van der Waals surface area contributed by atoms with E-state index in [0.29, 0.717) is 17.4 Å². The lowest BCUT2D eigenvalue weighted by molar-refractivity contribution is 0.139. The van der Waals surface area contributed by atoms with Gasteiger partial charge in [-0.2, -0.15) is 0 Å². The second-order valence-electron chi connectivity index (χ2n) is 7.77. The molecule has 1 fully saturated rings. The zero-order chi connectivity index (χ0) is 14.8. The highest BCUT2D eigenvalue weighted by molar-refractivity contribution is 5.26. The molecule has 0 spiro atoms. The van der Waals surface area contributed by atoms with E-state index >= 15 is 0 Å². The van der Waals surface area contributed by atoms with Gasteiger partial charge in [-0.15, -0.1) is 0 Å². The molecule has 1 aliphatic carbocycles. The number of hydrogen-bond acceptors (Lipinski definition) is 1. The van der Waals surface area contributed by atoms with E-state index in [1.165, 1.54) is 36.8 Å². The summed E-state index contributed by atoms with van der Waals surface area (Å²) in [5.74, 6) is 1.60. The van der Waals surface area contributed by atoms with E-state index < -0.39 is 0 Å². The number of aryl methyl sites for hydroxylation is 1. The molecule has 112 valence electrons. The van der Waals surface area contributed by atoms with Gasteiger partial charge < -0.3 is 5.73 Å². The number of rotatable bonds is 3. The SMILES string of the molecule is Cc1ccccc1CC(N)C1CCC(C(C)(C)C)CC1. The first kappa shape index (κ1) is 15.6. The monoisotopic (exact) mass is 273 g/mol. The molecule has 0 heterocycles. The summed E-state index contributed by atoms with van der Waals surface area (Å²) in [5.41, 5.74) is 9.78. The Labute approximate surface area is 125 Å². The van der Waals surface area contributed by atoms with Crippen LogP contribution < -0.4 is 5.73 Å². The Balaban J connectivity index is 1.89. The number of nitrogens with two attached hydrogens (primary N) is 1. The van der Waals surface area contributed by atoms with Crippen molar-refractivity contribution < 1.29 is 0 Å². The summed E-state index contributed by atoms with van der Waals surface area (Å²) >= 11 is 0. The van der Waals surface area contributed by atoms with Crippen LogP contribution in [-0.4, -0.2) is 6.04 Å². The maximum absolute atomic E-state index is 6.50. The van der Waals surface area contributed by atoms with Crippen molar-refractivity contribution in [2.75, 3.05) is 0 Å². The fraction of sp³-hybridized carbons (Fsp3) is 0.684. The van der Waals surface area contributed by atoms with Gasteiger partial charge in [0.1, 0.15) is 0 Å². The summed E-state index contributed by atoms with van der Waals surface area (Å²) in [5, 5.41) is 0. The van der Waals surface area contributed by atoms with E-state index in [1.807, 2.05) is 0 Å². The third-order valence-corrected chi connectivity index (χ3v) is 5.32. The van der Waals surface area contributed by atoms with E-state index in [9.17, 15) is 0 Å². The van der Waals surface area contributed by atoms with Crippen molar-refractivity contribution in [1.29, 1.82) is 0 Å². The summed E-state index contributed by atoms with van der Waals surface area (Å²) in [6, 6.07) is 9.00. The van der Waals surface area contributed by atoms with Crippen LogP contribution in [0.15, 0.2) is 24.3 Å². The van der Waals surface area contributed by atoms with Gasteiger partial charge >= 0.3 is 0 Å². The van der Waals surface area contributed by atoms with Crippen molar-refractivity contribution in [3.05, 3.63) is 35.4 Å². The average molecular weight is 273 g/mol. The van der Waals surface area contributed by atoms with Crippen molar-refractivity contribution in [2.45, 2.75) is 65.8 Å². The molecule has 1 aliphatic rings. The molecule has 2 N–H and O–H groups in total. The average Bonchev–Trinajstić information content (AvgIpc) is 2.40. The van der Waals surface area contributed by atoms with E-state index in [2.05, 4.69) is 52.0 Å². The molecule has 20 heavy (non-hydrogen) atoms. The minimum Gasteiger partial charge on any atom is -0.327 e. The topological polar surface area (TPSA) is 26.0 Å². The molecule has 1 saturated carbocycles. The van der Waals surface area contributed by atoms with Gasteiger partial charge in [-0.05, 0) is 67.4 Å². The predicted molar refractivity (Wildman–Crippen MR) is 87.8 cm³/mol. The fourth-order valence-corrected chi connectivity index (χ4v) is 3.67. The lowest BCUT2D eigenvalue weighted by Gasteiger charge is -2.38.